The Kier molecular flexibility index (Phi) is 4.49. The van der Waals surface area contributed by atoms with Gasteiger partial charge in [0.05, 0.1) is 11.9 Å². The number of hydrogen-bond acceptors (Lipinski definition) is 2. The normalized spacial score (nSPS) is 19.7. The minimum absolute atomic E-state index is 0.692. The first-order valence-corrected chi connectivity index (χ1v) is 7.74. The first-order valence-electron chi connectivity index (χ1n) is 7.74. The fourth-order valence-electron chi connectivity index (χ4n) is 2.90. The van der Waals surface area contributed by atoms with E-state index in [0.29, 0.717) is 6.04 Å². The molecule has 1 N–H and O–H groups in total. The second-order valence-electron chi connectivity index (χ2n) is 5.67. The minimum atomic E-state index is 0.692. The van der Waals surface area contributed by atoms with Crippen molar-refractivity contribution in [2.24, 2.45) is 0 Å². The molecule has 3 heteroatoms. The molecule has 0 bridgehead atoms. The molecule has 3 nitrogen and oxygen atoms in total. The molecule has 0 spiro atoms. The maximum absolute atomic E-state index is 4.46. The Labute approximate surface area is 121 Å². The molecule has 0 saturated carbocycles. The van der Waals surface area contributed by atoms with Gasteiger partial charge in [0.15, 0.2) is 0 Å². The summed E-state index contributed by atoms with van der Waals surface area (Å²) >= 11 is 0. The van der Waals surface area contributed by atoms with E-state index in [0.717, 1.165) is 12.1 Å². The van der Waals surface area contributed by atoms with E-state index in [2.05, 4.69) is 28.7 Å². The molecule has 1 atom stereocenters. The first-order chi connectivity index (χ1) is 9.92. The molecule has 1 unspecified atom stereocenters. The Morgan fingerprint density at radius 2 is 2.05 bits per heavy atom. The van der Waals surface area contributed by atoms with E-state index >= 15 is 0 Å². The van der Waals surface area contributed by atoms with Crippen LogP contribution in [0.3, 0.4) is 0 Å². The summed E-state index contributed by atoms with van der Waals surface area (Å²) in [6, 6.07) is 11.0. The van der Waals surface area contributed by atoms with Gasteiger partial charge < -0.3 is 5.32 Å². The molecule has 1 fully saturated rings. The Balaban J connectivity index is 1.57. The lowest BCUT2D eigenvalue weighted by Crippen LogP contribution is -2.28. The molecular formula is C17H23N3. The van der Waals surface area contributed by atoms with Gasteiger partial charge in [0, 0.05) is 12.2 Å². The van der Waals surface area contributed by atoms with Crippen molar-refractivity contribution in [1.29, 1.82) is 0 Å². The van der Waals surface area contributed by atoms with Crippen molar-refractivity contribution in [2.45, 2.75) is 44.6 Å². The number of rotatable bonds is 4. The number of benzene rings is 1. The van der Waals surface area contributed by atoms with Crippen LogP contribution < -0.4 is 5.32 Å². The van der Waals surface area contributed by atoms with Crippen LogP contribution in [0, 0.1) is 0 Å². The molecule has 1 aliphatic rings. The highest BCUT2D eigenvalue weighted by atomic mass is 15.3. The Morgan fingerprint density at radius 3 is 2.95 bits per heavy atom. The van der Waals surface area contributed by atoms with Crippen LogP contribution in [0.5, 0.6) is 0 Å². The predicted octanol–water partition coefficient (Wildman–Crippen LogP) is 3.34. The van der Waals surface area contributed by atoms with Crippen LogP contribution in [0.25, 0.3) is 5.69 Å². The van der Waals surface area contributed by atoms with Gasteiger partial charge in [-0.2, -0.15) is 5.10 Å². The summed E-state index contributed by atoms with van der Waals surface area (Å²) < 4.78 is 1.97. The highest BCUT2D eigenvalue weighted by Crippen LogP contribution is 2.14. The predicted molar refractivity (Wildman–Crippen MR) is 82.1 cm³/mol. The first kappa shape index (κ1) is 13.4. The molecule has 0 amide bonds. The molecular weight excluding hydrogens is 246 g/mol. The molecule has 1 aromatic carbocycles. The van der Waals surface area contributed by atoms with Crippen LogP contribution in [0.15, 0.2) is 42.7 Å². The van der Waals surface area contributed by atoms with E-state index in [1.165, 1.54) is 44.2 Å². The van der Waals surface area contributed by atoms with Gasteiger partial charge in [-0.3, -0.25) is 0 Å². The highest BCUT2D eigenvalue weighted by Gasteiger charge is 2.11. The van der Waals surface area contributed by atoms with Gasteiger partial charge >= 0.3 is 0 Å². The van der Waals surface area contributed by atoms with Crippen LogP contribution in [0.1, 0.15) is 37.7 Å². The Morgan fingerprint density at radius 1 is 1.15 bits per heavy atom. The van der Waals surface area contributed by atoms with Crippen molar-refractivity contribution >= 4 is 0 Å². The fourth-order valence-corrected chi connectivity index (χ4v) is 2.90. The summed E-state index contributed by atoms with van der Waals surface area (Å²) in [5, 5.41) is 8.13. The summed E-state index contributed by atoms with van der Waals surface area (Å²) in [5.41, 5.74) is 2.46. The summed E-state index contributed by atoms with van der Waals surface area (Å²) in [4.78, 5) is 0. The molecule has 20 heavy (non-hydrogen) atoms. The molecule has 0 radical (unpaired) electrons. The van der Waals surface area contributed by atoms with Crippen LogP contribution in [0.2, 0.25) is 0 Å². The summed E-state index contributed by atoms with van der Waals surface area (Å²) in [7, 11) is 0. The summed E-state index contributed by atoms with van der Waals surface area (Å²) in [5.74, 6) is 0. The molecule has 3 rings (SSSR count). The standard InChI is InChI=1S/C17H23N3/c1-4-8-17(9-5-1)20-14-15(13-19-20)10-11-16-7-3-2-6-12-18-16/h1,4-5,8-9,13-14,16,18H,2-3,6-7,10-12H2. The fraction of sp³-hybridized carbons (Fsp3) is 0.471. The van der Waals surface area contributed by atoms with Gasteiger partial charge in [0.25, 0.3) is 0 Å². The van der Waals surface area contributed by atoms with Crippen LogP contribution in [-0.2, 0) is 6.42 Å². The highest BCUT2D eigenvalue weighted by molar-refractivity contribution is 5.30. The van der Waals surface area contributed by atoms with Crippen molar-refractivity contribution in [2.75, 3.05) is 6.54 Å². The molecule has 0 aliphatic carbocycles. The van der Waals surface area contributed by atoms with E-state index in [1.54, 1.807) is 0 Å². The molecule has 1 aliphatic heterocycles. The average Bonchev–Trinajstić information content (AvgIpc) is 2.82. The summed E-state index contributed by atoms with van der Waals surface area (Å²) in [6.45, 7) is 1.19. The van der Waals surface area contributed by atoms with Gasteiger partial charge in [-0.15, -0.1) is 0 Å². The lowest BCUT2D eigenvalue weighted by atomic mass is 10.0. The minimum Gasteiger partial charge on any atom is -0.314 e. The maximum Gasteiger partial charge on any atom is 0.0645 e. The zero-order valence-corrected chi connectivity index (χ0v) is 12.0. The largest absolute Gasteiger partial charge is 0.314 e. The third kappa shape index (κ3) is 3.48. The van der Waals surface area contributed by atoms with Crippen molar-refractivity contribution in [3.63, 3.8) is 0 Å². The average molecular weight is 269 g/mol. The molecule has 2 aromatic rings. The number of nitrogens with one attached hydrogen (secondary N) is 1. The van der Waals surface area contributed by atoms with Crippen LogP contribution >= 0.6 is 0 Å². The molecule has 1 aromatic heterocycles. The van der Waals surface area contributed by atoms with Crippen molar-refractivity contribution < 1.29 is 0 Å². The van der Waals surface area contributed by atoms with Crippen molar-refractivity contribution in [3.8, 4) is 5.69 Å². The number of nitrogens with zero attached hydrogens (tertiary/aromatic N) is 2. The van der Waals surface area contributed by atoms with E-state index in [9.17, 15) is 0 Å². The van der Waals surface area contributed by atoms with Gasteiger partial charge in [-0.1, -0.05) is 31.0 Å². The molecule has 1 saturated heterocycles. The third-order valence-corrected chi connectivity index (χ3v) is 4.10. The topological polar surface area (TPSA) is 29.9 Å². The Hall–Kier alpha value is -1.61. The molecule has 2 heterocycles. The number of aryl methyl sites for hydroxylation is 1. The lowest BCUT2D eigenvalue weighted by molar-refractivity contribution is 0.478. The van der Waals surface area contributed by atoms with Crippen LogP contribution in [0.4, 0.5) is 0 Å². The van der Waals surface area contributed by atoms with Gasteiger partial charge in [-0.25, -0.2) is 4.68 Å². The van der Waals surface area contributed by atoms with E-state index in [1.807, 2.05) is 29.1 Å². The van der Waals surface area contributed by atoms with Gasteiger partial charge in [0.1, 0.15) is 0 Å². The van der Waals surface area contributed by atoms with Gasteiger partial charge in [-0.05, 0) is 49.9 Å². The quantitative estimate of drug-likeness (QED) is 0.922. The number of aromatic nitrogens is 2. The van der Waals surface area contributed by atoms with Crippen molar-refractivity contribution in [3.05, 3.63) is 48.3 Å². The zero-order valence-electron chi connectivity index (χ0n) is 12.0. The number of para-hydroxylation sites is 1. The molecule has 106 valence electrons. The summed E-state index contributed by atoms with van der Waals surface area (Å²) in [6.07, 6.45) is 11.9. The monoisotopic (exact) mass is 269 g/mol. The SMILES string of the molecule is c1ccc(-n2cc(CCC3CCCCCN3)cn2)cc1. The Bertz CT molecular complexity index is 510. The second kappa shape index (κ2) is 6.71. The smallest absolute Gasteiger partial charge is 0.0645 e. The lowest BCUT2D eigenvalue weighted by Gasteiger charge is -2.14. The van der Waals surface area contributed by atoms with Crippen molar-refractivity contribution in [1.82, 2.24) is 15.1 Å². The second-order valence-corrected chi connectivity index (χ2v) is 5.67. The van der Waals surface area contributed by atoms with E-state index in [-0.39, 0.29) is 0 Å². The van der Waals surface area contributed by atoms with E-state index < -0.39 is 0 Å². The van der Waals surface area contributed by atoms with Crippen LogP contribution in [-0.4, -0.2) is 22.4 Å². The third-order valence-electron chi connectivity index (χ3n) is 4.10. The maximum atomic E-state index is 4.46. The zero-order chi connectivity index (χ0) is 13.6. The van der Waals surface area contributed by atoms with Gasteiger partial charge in [0.2, 0.25) is 0 Å². The number of hydrogen-bond donors (Lipinski definition) is 1. The van der Waals surface area contributed by atoms with E-state index in [4.69, 9.17) is 0 Å².